The van der Waals surface area contributed by atoms with Gasteiger partial charge in [0.1, 0.15) is 5.82 Å². The van der Waals surface area contributed by atoms with Crippen LogP contribution in [0.4, 0.5) is 10.1 Å². The Hall–Kier alpha value is -1.80. The minimum absolute atomic E-state index is 0.0331. The van der Waals surface area contributed by atoms with E-state index in [-0.39, 0.29) is 21.3 Å². The second kappa shape index (κ2) is 5.45. The van der Waals surface area contributed by atoms with Crippen molar-refractivity contribution in [3.63, 3.8) is 0 Å². The highest BCUT2D eigenvalue weighted by Gasteiger charge is 2.20. The van der Waals surface area contributed by atoms with E-state index < -0.39 is 16.4 Å². The maximum absolute atomic E-state index is 13.4. The van der Waals surface area contributed by atoms with Crippen LogP contribution in [-0.4, -0.2) is 15.1 Å². The predicted octanol–water partition coefficient (Wildman–Crippen LogP) is 3.73. The van der Waals surface area contributed by atoms with Crippen molar-refractivity contribution in [1.82, 2.24) is 10.2 Å². The topological polar surface area (TPSA) is 78.2 Å². The first-order valence-electron chi connectivity index (χ1n) is 4.78. The van der Waals surface area contributed by atoms with E-state index in [1.807, 2.05) is 0 Å². The van der Waals surface area contributed by atoms with Crippen LogP contribution in [0.3, 0.4) is 0 Å². The summed E-state index contributed by atoms with van der Waals surface area (Å²) in [5, 5.41) is 18.1. The van der Waals surface area contributed by atoms with Gasteiger partial charge in [0.05, 0.1) is 9.40 Å². The van der Waals surface area contributed by atoms with E-state index in [0.717, 1.165) is 12.1 Å². The first-order chi connectivity index (χ1) is 8.97. The molecule has 1 aromatic carbocycles. The normalized spacial score (nSPS) is 10.3. The summed E-state index contributed by atoms with van der Waals surface area (Å²) >= 11 is 8.40. The third-order valence-corrected chi connectivity index (χ3v) is 2.83. The van der Waals surface area contributed by atoms with Crippen molar-refractivity contribution in [2.45, 2.75) is 0 Å². The molecule has 0 N–H and O–H groups in total. The number of nitro benzene ring substituents is 1. The fourth-order valence-electron chi connectivity index (χ4n) is 1.21. The molecule has 0 aliphatic rings. The van der Waals surface area contributed by atoms with E-state index in [1.165, 1.54) is 12.1 Å². The molecule has 1 aromatic heterocycles. The van der Waals surface area contributed by atoms with Gasteiger partial charge >= 0.3 is 5.69 Å². The molecule has 0 saturated heterocycles. The van der Waals surface area contributed by atoms with Crippen LogP contribution in [0, 0.1) is 15.9 Å². The molecule has 2 aromatic rings. The van der Waals surface area contributed by atoms with E-state index in [0.29, 0.717) is 0 Å². The van der Waals surface area contributed by atoms with E-state index in [9.17, 15) is 14.5 Å². The first-order valence-corrected chi connectivity index (χ1v) is 5.95. The Morgan fingerprint density at radius 3 is 2.68 bits per heavy atom. The minimum Gasteiger partial charge on any atom is -0.430 e. The lowest BCUT2D eigenvalue weighted by Crippen LogP contribution is -1.97. The molecule has 98 valence electrons. The van der Waals surface area contributed by atoms with Gasteiger partial charge in [0.15, 0.2) is 5.15 Å². The van der Waals surface area contributed by atoms with Crippen LogP contribution in [0.1, 0.15) is 0 Å². The molecule has 0 unspecified atom stereocenters. The Morgan fingerprint density at radius 1 is 1.37 bits per heavy atom. The number of benzene rings is 1. The molecule has 0 radical (unpaired) electrons. The van der Waals surface area contributed by atoms with E-state index in [1.54, 1.807) is 0 Å². The Morgan fingerprint density at radius 2 is 2.11 bits per heavy atom. The molecule has 9 heteroatoms. The van der Waals surface area contributed by atoms with Gasteiger partial charge in [0, 0.05) is 18.2 Å². The highest BCUT2D eigenvalue weighted by atomic mass is 79.9. The molecule has 0 spiro atoms. The summed E-state index contributed by atoms with van der Waals surface area (Å²) in [4.78, 5) is 10.2. The average molecular weight is 349 g/mol. The molecular weight excluding hydrogens is 344 g/mol. The zero-order valence-corrected chi connectivity index (χ0v) is 11.4. The Kier molecular flexibility index (Phi) is 3.91. The van der Waals surface area contributed by atoms with Crippen molar-refractivity contribution in [2.24, 2.45) is 0 Å². The summed E-state index contributed by atoms with van der Waals surface area (Å²) in [5.74, 6) is -1.00. The molecule has 0 aliphatic carbocycles. The molecule has 2 rings (SSSR count). The summed E-state index contributed by atoms with van der Waals surface area (Å²) < 4.78 is 18.5. The molecule has 0 amide bonds. The third kappa shape index (κ3) is 3.15. The zero-order chi connectivity index (χ0) is 14.0. The number of halogens is 3. The first kappa shape index (κ1) is 13.6. The second-order valence-electron chi connectivity index (χ2n) is 3.29. The standard InChI is InChI=1S/C10H4BrClFN3O3/c11-5-3-7(16(17)18)8(4-6(5)13)19-10-2-1-9(12)14-15-10/h1-4H. The molecule has 0 atom stereocenters. The zero-order valence-electron chi connectivity index (χ0n) is 9.01. The Balaban J connectivity index is 2.41. The maximum atomic E-state index is 13.4. The van der Waals surface area contributed by atoms with Crippen LogP contribution in [0.2, 0.25) is 5.15 Å². The number of hydrogen-bond donors (Lipinski definition) is 0. The van der Waals surface area contributed by atoms with Crippen molar-refractivity contribution in [3.05, 3.63) is 49.8 Å². The molecule has 6 nitrogen and oxygen atoms in total. The summed E-state index contributed by atoms with van der Waals surface area (Å²) in [6, 6.07) is 4.65. The van der Waals surface area contributed by atoms with Crippen molar-refractivity contribution in [1.29, 1.82) is 0 Å². The van der Waals surface area contributed by atoms with Crippen molar-refractivity contribution in [3.8, 4) is 11.6 Å². The number of nitro groups is 1. The second-order valence-corrected chi connectivity index (χ2v) is 4.53. The lowest BCUT2D eigenvalue weighted by Gasteiger charge is -2.05. The lowest BCUT2D eigenvalue weighted by atomic mass is 10.3. The van der Waals surface area contributed by atoms with Crippen LogP contribution in [0.25, 0.3) is 0 Å². The number of hydrogen-bond acceptors (Lipinski definition) is 5. The van der Waals surface area contributed by atoms with Crippen LogP contribution in [-0.2, 0) is 0 Å². The number of aromatic nitrogens is 2. The maximum Gasteiger partial charge on any atom is 0.312 e. The van der Waals surface area contributed by atoms with Crippen molar-refractivity contribution in [2.75, 3.05) is 0 Å². The summed E-state index contributed by atoms with van der Waals surface area (Å²) in [6.07, 6.45) is 0. The largest absolute Gasteiger partial charge is 0.430 e. The lowest BCUT2D eigenvalue weighted by molar-refractivity contribution is -0.385. The highest BCUT2D eigenvalue weighted by Crippen LogP contribution is 2.34. The van der Waals surface area contributed by atoms with Crippen LogP contribution in [0.15, 0.2) is 28.7 Å². The van der Waals surface area contributed by atoms with Crippen LogP contribution >= 0.6 is 27.5 Å². The Labute approximate surface area is 119 Å². The fraction of sp³-hybridized carbons (Fsp3) is 0. The van der Waals surface area contributed by atoms with Gasteiger partial charge in [-0.25, -0.2) is 4.39 Å². The van der Waals surface area contributed by atoms with Crippen molar-refractivity contribution >= 4 is 33.2 Å². The minimum atomic E-state index is -0.692. The van der Waals surface area contributed by atoms with Gasteiger partial charge in [-0.2, -0.15) is 0 Å². The smallest absolute Gasteiger partial charge is 0.312 e. The van der Waals surface area contributed by atoms with E-state index in [4.69, 9.17) is 16.3 Å². The number of nitrogens with zero attached hydrogens (tertiary/aromatic N) is 3. The summed E-state index contributed by atoms with van der Waals surface area (Å²) in [7, 11) is 0. The quantitative estimate of drug-likeness (QED) is 0.624. The van der Waals surface area contributed by atoms with Gasteiger partial charge in [0.2, 0.25) is 11.6 Å². The van der Waals surface area contributed by atoms with E-state index in [2.05, 4.69) is 26.1 Å². The van der Waals surface area contributed by atoms with Gasteiger partial charge in [-0.1, -0.05) is 11.6 Å². The van der Waals surface area contributed by atoms with Crippen LogP contribution < -0.4 is 4.74 Å². The third-order valence-electron chi connectivity index (χ3n) is 2.02. The number of ether oxygens (including phenoxy) is 1. The molecule has 0 aliphatic heterocycles. The van der Waals surface area contributed by atoms with Gasteiger partial charge in [-0.05, 0) is 22.0 Å². The molecule has 19 heavy (non-hydrogen) atoms. The molecule has 0 fully saturated rings. The predicted molar refractivity (Wildman–Crippen MR) is 67.9 cm³/mol. The number of rotatable bonds is 3. The Bertz CT molecular complexity index is 639. The molecule has 1 heterocycles. The molecular formula is C10H4BrClFN3O3. The van der Waals surface area contributed by atoms with Gasteiger partial charge < -0.3 is 4.74 Å². The van der Waals surface area contributed by atoms with Gasteiger partial charge in [-0.15, -0.1) is 10.2 Å². The SMILES string of the molecule is O=[N+]([O-])c1cc(Br)c(F)cc1Oc1ccc(Cl)nn1. The van der Waals surface area contributed by atoms with Crippen LogP contribution in [0.5, 0.6) is 11.6 Å². The van der Waals surface area contributed by atoms with Crippen molar-refractivity contribution < 1.29 is 14.1 Å². The monoisotopic (exact) mass is 347 g/mol. The average Bonchev–Trinajstić information content (AvgIpc) is 2.36. The molecule has 0 saturated carbocycles. The molecule has 0 bridgehead atoms. The highest BCUT2D eigenvalue weighted by molar-refractivity contribution is 9.10. The van der Waals surface area contributed by atoms with Gasteiger partial charge in [0.25, 0.3) is 0 Å². The fourth-order valence-corrected chi connectivity index (χ4v) is 1.65. The summed E-state index contributed by atoms with van der Waals surface area (Å²) in [5.41, 5.74) is -0.398. The summed E-state index contributed by atoms with van der Waals surface area (Å²) in [6.45, 7) is 0. The van der Waals surface area contributed by atoms with E-state index >= 15 is 0 Å². The van der Waals surface area contributed by atoms with Gasteiger partial charge in [-0.3, -0.25) is 10.1 Å².